The van der Waals surface area contributed by atoms with Gasteiger partial charge in [0.05, 0.1) is 5.69 Å². The van der Waals surface area contributed by atoms with Gasteiger partial charge in [-0.1, -0.05) is 30.3 Å². The number of nitrogens with zero attached hydrogens (tertiary/aromatic N) is 2. The number of carbonyl (C=O) groups excluding carboxylic acids is 2. The summed E-state index contributed by atoms with van der Waals surface area (Å²) in [5.74, 6) is -1.77. The summed E-state index contributed by atoms with van der Waals surface area (Å²) >= 11 is 0. The molecule has 0 radical (unpaired) electrons. The number of nitrogens with one attached hydrogen (secondary N) is 2. The molecular weight excluding hydrogens is 372 g/mol. The molecule has 3 amide bonds. The predicted octanol–water partition coefficient (Wildman–Crippen LogP) is 2.69. The number of amides is 3. The fourth-order valence-corrected chi connectivity index (χ4v) is 3.29. The number of rotatable bonds is 4. The molecule has 0 bridgehead atoms. The number of carboxylic acids is 1. The highest BCUT2D eigenvalue weighted by Gasteiger charge is 2.33. The lowest BCUT2D eigenvalue weighted by atomic mass is 10.0. The lowest BCUT2D eigenvalue weighted by molar-refractivity contribution is -0.136. The Morgan fingerprint density at radius 2 is 1.86 bits per heavy atom. The lowest BCUT2D eigenvalue weighted by Crippen LogP contribution is -2.50. The van der Waals surface area contributed by atoms with Crippen molar-refractivity contribution in [1.29, 1.82) is 0 Å². The number of benzene rings is 2. The Morgan fingerprint density at radius 3 is 2.55 bits per heavy atom. The van der Waals surface area contributed by atoms with Crippen LogP contribution in [0.3, 0.4) is 0 Å². The van der Waals surface area contributed by atoms with Gasteiger partial charge in [0.15, 0.2) is 0 Å². The first-order valence-corrected chi connectivity index (χ1v) is 9.08. The molecule has 2 aromatic carbocycles. The fraction of sp³-hybridized carbons (Fsp3) is 0.238. The number of carbonyl (C=O) groups is 3. The summed E-state index contributed by atoms with van der Waals surface area (Å²) in [6.07, 6.45) is -1.24. The van der Waals surface area contributed by atoms with Crippen molar-refractivity contribution in [2.24, 2.45) is 4.99 Å². The van der Waals surface area contributed by atoms with Gasteiger partial charge in [0, 0.05) is 17.0 Å². The summed E-state index contributed by atoms with van der Waals surface area (Å²) in [5.41, 5.74) is 3.97. The molecule has 3 rings (SSSR count). The Morgan fingerprint density at radius 1 is 1.14 bits per heavy atom. The number of aryl methyl sites for hydroxylation is 2. The van der Waals surface area contributed by atoms with Crippen molar-refractivity contribution >= 4 is 35.0 Å². The van der Waals surface area contributed by atoms with E-state index in [4.69, 9.17) is 0 Å². The van der Waals surface area contributed by atoms with E-state index in [2.05, 4.69) is 15.6 Å². The van der Waals surface area contributed by atoms with Crippen LogP contribution in [0.2, 0.25) is 0 Å². The fourth-order valence-electron chi connectivity index (χ4n) is 3.29. The van der Waals surface area contributed by atoms with Crippen molar-refractivity contribution in [2.75, 3.05) is 16.8 Å². The summed E-state index contributed by atoms with van der Waals surface area (Å²) < 4.78 is 0. The molecule has 1 unspecified atom stereocenters. The molecule has 8 nitrogen and oxygen atoms in total. The number of aliphatic imine (C=N–C) groups is 1. The molecule has 2 aromatic rings. The molecule has 0 aromatic heterocycles. The number of hydrogen-bond donors (Lipinski definition) is 3. The van der Waals surface area contributed by atoms with E-state index >= 15 is 0 Å². The zero-order chi connectivity index (χ0) is 21.1. The zero-order valence-corrected chi connectivity index (χ0v) is 16.4. The van der Waals surface area contributed by atoms with E-state index in [9.17, 15) is 19.5 Å². The summed E-state index contributed by atoms with van der Waals surface area (Å²) in [5, 5.41) is 14.5. The molecule has 8 heteroatoms. The minimum absolute atomic E-state index is 0.490. The minimum atomic E-state index is -1.24. The molecular formula is C21H22N4O4. The average molecular weight is 394 g/mol. The molecule has 3 N–H and O–H groups in total. The van der Waals surface area contributed by atoms with Gasteiger partial charge in [-0.3, -0.25) is 19.5 Å². The van der Waals surface area contributed by atoms with E-state index in [1.54, 1.807) is 44.2 Å². The number of benzodiazepines with no additional fused rings is 1. The van der Waals surface area contributed by atoms with Crippen LogP contribution in [0.25, 0.3) is 0 Å². The standard InChI is InChI=1S/C21H22N4O4/c1-12-6-4-8-15(10-12)23-21(29)24-19-20(28)25(11-17(26)27)18-13(2)7-5-9-16(18)14(3)22-19/h4-10,19H,11H2,1-3H3,(H,26,27)(H2,23,24,29). The molecule has 29 heavy (non-hydrogen) atoms. The van der Waals surface area contributed by atoms with Crippen LogP contribution in [0.5, 0.6) is 0 Å². The quantitative estimate of drug-likeness (QED) is 0.740. The summed E-state index contributed by atoms with van der Waals surface area (Å²) in [7, 11) is 0. The summed E-state index contributed by atoms with van der Waals surface area (Å²) in [4.78, 5) is 42.5. The number of anilines is 2. The topological polar surface area (TPSA) is 111 Å². The number of para-hydroxylation sites is 1. The Labute approximate surface area is 168 Å². The van der Waals surface area contributed by atoms with Gasteiger partial charge in [-0.25, -0.2) is 4.79 Å². The van der Waals surface area contributed by atoms with Crippen LogP contribution in [0.15, 0.2) is 47.5 Å². The Bertz CT molecular complexity index is 1020. The highest BCUT2D eigenvalue weighted by molar-refractivity contribution is 6.14. The molecule has 0 aliphatic carbocycles. The van der Waals surface area contributed by atoms with E-state index in [1.165, 1.54) is 0 Å². The summed E-state index contributed by atoms with van der Waals surface area (Å²) in [6, 6.07) is 12.0. The lowest BCUT2D eigenvalue weighted by Gasteiger charge is -2.25. The Kier molecular flexibility index (Phi) is 5.63. The van der Waals surface area contributed by atoms with E-state index in [0.717, 1.165) is 16.0 Å². The average Bonchev–Trinajstić information content (AvgIpc) is 2.73. The van der Waals surface area contributed by atoms with Gasteiger partial charge >= 0.3 is 12.0 Å². The van der Waals surface area contributed by atoms with Crippen molar-refractivity contribution in [3.05, 3.63) is 59.2 Å². The zero-order valence-electron chi connectivity index (χ0n) is 16.4. The highest BCUT2D eigenvalue weighted by Crippen LogP contribution is 2.29. The number of urea groups is 1. The van der Waals surface area contributed by atoms with Crippen LogP contribution < -0.4 is 15.5 Å². The van der Waals surface area contributed by atoms with E-state index in [0.29, 0.717) is 22.6 Å². The van der Waals surface area contributed by atoms with Crippen LogP contribution >= 0.6 is 0 Å². The van der Waals surface area contributed by atoms with Crippen LogP contribution in [-0.4, -0.2) is 41.4 Å². The molecule has 1 heterocycles. The molecule has 0 saturated heterocycles. The second-order valence-corrected chi connectivity index (χ2v) is 6.87. The summed E-state index contributed by atoms with van der Waals surface area (Å²) in [6.45, 7) is 4.89. The maximum Gasteiger partial charge on any atom is 0.323 e. The highest BCUT2D eigenvalue weighted by atomic mass is 16.4. The van der Waals surface area contributed by atoms with Gasteiger partial charge in [0.25, 0.3) is 5.91 Å². The molecule has 1 aliphatic rings. The minimum Gasteiger partial charge on any atom is -0.480 e. The largest absolute Gasteiger partial charge is 0.480 e. The maximum atomic E-state index is 13.1. The monoisotopic (exact) mass is 394 g/mol. The SMILES string of the molecule is CC1=NC(NC(=O)Nc2cccc(C)c2)C(=O)N(CC(=O)O)c2c(C)cccc21. The van der Waals surface area contributed by atoms with E-state index in [1.807, 2.05) is 19.1 Å². The van der Waals surface area contributed by atoms with E-state index < -0.39 is 30.6 Å². The van der Waals surface area contributed by atoms with Crippen LogP contribution in [0.1, 0.15) is 23.6 Å². The van der Waals surface area contributed by atoms with Crippen LogP contribution in [0.4, 0.5) is 16.2 Å². The third-order valence-corrected chi connectivity index (χ3v) is 4.56. The van der Waals surface area contributed by atoms with E-state index in [-0.39, 0.29) is 0 Å². The maximum absolute atomic E-state index is 13.1. The van der Waals surface area contributed by atoms with Crippen molar-refractivity contribution in [3.63, 3.8) is 0 Å². The van der Waals surface area contributed by atoms with Gasteiger partial charge in [-0.05, 0) is 44.0 Å². The van der Waals surface area contributed by atoms with Crippen molar-refractivity contribution in [3.8, 4) is 0 Å². The van der Waals surface area contributed by atoms with Crippen LogP contribution in [-0.2, 0) is 9.59 Å². The third kappa shape index (κ3) is 4.43. The molecule has 0 saturated carbocycles. The van der Waals surface area contributed by atoms with Crippen LogP contribution in [0, 0.1) is 13.8 Å². The molecule has 1 atom stereocenters. The molecule has 0 spiro atoms. The van der Waals surface area contributed by atoms with Gasteiger partial charge in [0.1, 0.15) is 6.54 Å². The third-order valence-electron chi connectivity index (χ3n) is 4.56. The van der Waals surface area contributed by atoms with Gasteiger partial charge < -0.3 is 15.7 Å². The second-order valence-electron chi connectivity index (χ2n) is 6.87. The Hall–Kier alpha value is -3.68. The normalized spacial score (nSPS) is 15.8. The van der Waals surface area contributed by atoms with Gasteiger partial charge in [-0.2, -0.15) is 0 Å². The molecule has 1 aliphatic heterocycles. The first kappa shape index (κ1) is 20.1. The van der Waals surface area contributed by atoms with Crippen molar-refractivity contribution in [1.82, 2.24) is 5.32 Å². The Balaban J connectivity index is 1.91. The number of fused-ring (bicyclic) bond motifs is 1. The van der Waals surface area contributed by atoms with Gasteiger partial charge in [-0.15, -0.1) is 0 Å². The first-order valence-electron chi connectivity index (χ1n) is 9.08. The predicted molar refractivity (Wildman–Crippen MR) is 111 cm³/mol. The van der Waals surface area contributed by atoms with Crippen molar-refractivity contribution in [2.45, 2.75) is 26.9 Å². The van der Waals surface area contributed by atoms with Crippen molar-refractivity contribution < 1.29 is 19.5 Å². The smallest absolute Gasteiger partial charge is 0.323 e. The van der Waals surface area contributed by atoms with Gasteiger partial charge in [0.2, 0.25) is 6.17 Å². The number of carboxylic acid groups (broad SMARTS) is 1. The molecule has 0 fully saturated rings. The number of hydrogen-bond acceptors (Lipinski definition) is 4. The number of aliphatic carboxylic acids is 1. The molecule has 150 valence electrons. The first-order chi connectivity index (χ1) is 13.8. The second kappa shape index (κ2) is 8.14.